The van der Waals surface area contributed by atoms with Crippen LogP contribution in [-0.2, 0) is 4.79 Å². The number of nitrogens with one attached hydrogen (secondary N) is 2. The van der Waals surface area contributed by atoms with Gasteiger partial charge < -0.3 is 15.4 Å². The van der Waals surface area contributed by atoms with Crippen LogP contribution in [0.25, 0.3) is 0 Å². The highest BCUT2D eigenvalue weighted by Crippen LogP contribution is 2.12. The average Bonchev–Trinajstić information content (AvgIpc) is 2.26. The Morgan fingerprint density at radius 3 is 2.50 bits per heavy atom. The van der Waals surface area contributed by atoms with Crippen LogP contribution in [0.1, 0.15) is 39.4 Å². The summed E-state index contributed by atoms with van der Waals surface area (Å²) in [7, 11) is 0. The largest absolute Gasteiger partial charge is 0.481 e. The second-order valence-electron chi connectivity index (χ2n) is 4.73. The zero-order valence-electron chi connectivity index (χ0n) is 11.0. The topological polar surface area (TPSA) is 95.1 Å². The first kappa shape index (κ1) is 14.2. The van der Waals surface area contributed by atoms with E-state index < -0.39 is 11.9 Å². The van der Waals surface area contributed by atoms with Gasteiger partial charge in [0.25, 0.3) is 5.56 Å². The van der Waals surface area contributed by atoms with Gasteiger partial charge in [-0.05, 0) is 13.8 Å². The molecule has 0 fully saturated rings. The molecule has 18 heavy (non-hydrogen) atoms. The van der Waals surface area contributed by atoms with Crippen LogP contribution in [0.2, 0.25) is 0 Å². The summed E-state index contributed by atoms with van der Waals surface area (Å²) in [6, 6.07) is 1.02. The van der Waals surface area contributed by atoms with Crippen molar-refractivity contribution in [2.45, 2.75) is 39.7 Å². The highest BCUT2D eigenvalue weighted by Gasteiger charge is 2.19. The Morgan fingerprint density at radius 1 is 1.39 bits per heavy atom. The Morgan fingerprint density at radius 2 is 2.00 bits per heavy atom. The molecule has 0 spiro atoms. The van der Waals surface area contributed by atoms with E-state index in [1.807, 2.05) is 13.8 Å². The van der Waals surface area contributed by atoms with Crippen LogP contribution in [0.15, 0.2) is 10.9 Å². The minimum Gasteiger partial charge on any atom is -0.481 e. The van der Waals surface area contributed by atoms with Crippen molar-refractivity contribution in [3.05, 3.63) is 22.2 Å². The van der Waals surface area contributed by atoms with Gasteiger partial charge in [-0.25, -0.2) is 4.98 Å². The van der Waals surface area contributed by atoms with Gasteiger partial charge in [-0.15, -0.1) is 0 Å². The van der Waals surface area contributed by atoms with Crippen molar-refractivity contribution in [2.24, 2.45) is 5.92 Å². The summed E-state index contributed by atoms with van der Waals surface area (Å²) >= 11 is 0. The lowest BCUT2D eigenvalue weighted by molar-refractivity contribution is -0.141. The molecule has 0 saturated heterocycles. The summed E-state index contributed by atoms with van der Waals surface area (Å²) in [4.78, 5) is 29.2. The molecule has 6 nitrogen and oxygen atoms in total. The van der Waals surface area contributed by atoms with Crippen molar-refractivity contribution in [3.63, 3.8) is 0 Å². The molecule has 100 valence electrons. The Labute approximate surface area is 105 Å². The van der Waals surface area contributed by atoms with E-state index >= 15 is 0 Å². The van der Waals surface area contributed by atoms with Gasteiger partial charge in [0.1, 0.15) is 11.6 Å². The second-order valence-corrected chi connectivity index (χ2v) is 4.73. The van der Waals surface area contributed by atoms with Gasteiger partial charge in [-0.1, -0.05) is 13.8 Å². The van der Waals surface area contributed by atoms with E-state index in [1.165, 1.54) is 6.07 Å². The van der Waals surface area contributed by atoms with Gasteiger partial charge in [-0.2, -0.15) is 0 Å². The van der Waals surface area contributed by atoms with Crippen molar-refractivity contribution >= 4 is 11.8 Å². The molecule has 0 saturated carbocycles. The lowest BCUT2D eigenvalue weighted by Gasteiger charge is -2.18. The first-order chi connectivity index (χ1) is 8.31. The molecule has 3 N–H and O–H groups in total. The SMILES string of the molecule is CC(C)c1nc(NC(C)C(C)C(=O)O)cc(=O)[nH]1. The minimum absolute atomic E-state index is 0.103. The maximum Gasteiger partial charge on any atom is 0.308 e. The molecule has 0 bridgehead atoms. The molecule has 0 aliphatic rings. The number of rotatable bonds is 5. The molecule has 1 aromatic rings. The molecule has 2 atom stereocenters. The van der Waals surface area contributed by atoms with Crippen molar-refractivity contribution in [1.29, 1.82) is 0 Å². The molecule has 0 amide bonds. The number of aromatic amines is 1. The molecular weight excluding hydrogens is 234 g/mol. The van der Waals surface area contributed by atoms with Gasteiger partial charge >= 0.3 is 5.97 Å². The number of carboxylic acids is 1. The van der Waals surface area contributed by atoms with E-state index in [0.717, 1.165) is 0 Å². The fourth-order valence-corrected chi connectivity index (χ4v) is 1.40. The van der Waals surface area contributed by atoms with Gasteiger partial charge in [-0.3, -0.25) is 9.59 Å². The Hall–Kier alpha value is -1.85. The summed E-state index contributed by atoms with van der Waals surface area (Å²) in [6.07, 6.45) is 0. The van der Waals surface area contributed by atoms with Crippen LogP contribution in [0, 0.1) is 5.92 Å². The third kappa shape index (κ3) is 3.58. The number of H-pyrrole nitrogens is 1. The predicted octanol–water partition coefficient (Wildman–Crippen LogP) is 1.41. The van der Waals surface area contributed by atoms with E-state index in [0.29, 0.717) is 11.6 Å². The summed E-state index contributed by atoms with van der Waals surface area (Å²) in [5.74, 6) is -0.354. The van der Waals surface area contributed by atoms with Crippen molar-refractivity contribution in [3.8, 4) is 0 Å². The highest BCUT2D eigenvalue weighted by atomic mass is 16.4. The summed E-state index contributed by atoms with van der Waals surface area (Å²) < 4.78 is 0. The summed E-state index contributed by atoms with van der Waals surface area (Å²) in [5.41, 5.74) is -0.244. The van der Waals surface area contributed by atoms with Crippen molar-refractivity contribution in [2.75, 3.05) is 5.32 Å². The normalized spacial score (nSPS) is 14.3. The van der Waals surface area contributed by atoms with Crippen molar-refractivity contribution in [1.82, 2.24) is 9.97 Å². The predicted molar refractivity (Wildman–Crippen MR) is 68.8 cm³/mol. The smallest absolute Gasteiger partial charge is 0.308 e. The molecule has 1 rings (SSSR count). The van der Waals surface area contributed by atoms with Crippen LogP contribution in [0.4, 0.5) is 5.82 Å². The molecule has 6 heteroatoms. The molecule has 0 aliphatic heterocycles. The lowest BCUT2D eigenvalue weighted by Crippen LogP contribution is -2.30. The number of aliphatic carboxylic acids is 1. The van der Waals surface area contributed by atoms with Gasteiger partial charge in [0.05, 0.1) is 5.92 Å². The molecule has 1 heterocycles. The second kappa shape index (κ2) is 5.66. The average molecular weight is 253 g/mol. The molecular formula is C12H19N3O3. The number of hydrogen-bond donors (Lipinski definition) is 3. The number of carboxylic acid groups (broad SMARTS) is 1. The number of anilines is 1. The number of carbonyl (C=O) groups is 1. The third-order valence-electron chi connectivity index (χ3n) is 2.82. The first-order valence-electron chi connectivity index (χ1n) is 5.92. The molecule has 0 aromatic carbocycles. The Balaban J connectivity index is 2.91. The number of hydrogen-bond acceptors (Lipinski definition) is 4. The van der Waals surface area contributed by atoms with E-state index in [-0.39, 0.29) is 17.5 Å². The highest BCUT2D eigenvalue weighted by molar-refractivity contribution is 5.71. The van der Waals surface area contributed by atoms with Crippen LogP contribution >= 0.6 is 0 Å². The molecule has 0 aliphatic carbocycles. The van der Waals surface area contributed by atoms with Gasteiger partial charge in [0.15, 0.2) is 0 Å². The van der Waals surface area contributed by atoms with E-state index in [1.54, 1.807) is 13.8 Å². The molecule has 0 radical (unpaired) electrons. The Bertz CT molecular complexity index is 482. The minimum atomic E-state index is -0.885. The molecule has 1 aromatic heterocycles. The standard InChI is InChI=1S/C12H19N3O3/c1-6(2)11-14-9(5-10(16)15-11)13-8(4)7(3)12(17)18/h5-8H,1-4H3,(H,17,18)(H2,13,14,15,16). The van der Waals surface area contributed by atoms with Crippen LogP contribution in [-0.4, -0.2) is 27.1 Å². The third-order valence-corrected chi connectivity index (χ3v) is 2.82. The zero-order valence-corrected chi connectivity index (χ0v) is 11.0. The maximum absolute atomic E-state index is 11.4. The van der Waals surface area contributed by atoms with Crippen LogP contribution in [0.3, 0.4) is 0 Å². The maximum atomic E-state index is 11.4. The summed E-state index contributed by atoms with van der Waals surface area (Å²) in [6.45, 7) is 7.20. The lowest BCUT2D eigenvalue weighted by atomic mass is 10.0. The van der Waals surface area contributed by atoms with Crippen molar-refractivity contribution < 1.29 is 9.90 Å². The first-order valence-corrected chi connectivity index (χ1v) is 5.92. The molecule has 2 unspecified atom stereocenters. The Kier molecular flexibility index (Phi) is 4.47. The monoisotopic (exact) mass is 253 g/mol. The summed E-state index contributed by atoms with van der Waals surface area (Å²) in [5, 5.41) is 11.8. The van der Waals surface area contributed by atoms with E-state index in [4.69, 9.17) is 5.11 Å². The fraction of sp³-hybridized carbons (Fsp3) is 0.583. The number of aromatic nitrogens is 2. The fourth-order valence-electron chi connectivity index (χ4n) is 1.40. The van der Waals surface area contributed by atoms with E-state index in [9.17, 15) is 9.59 Å². The number of nitrogens with zero attached hydrogens (tertiary/aromatic N) is 1. The van der Waals surface area contributed by atoms with Gasteiger partial charge in [0.2, 0.25) is 0 Å². The van der Waals surface area contributed by atoms with E-state index in [2.05, 4.69) is 15.3 Å². The van der Waals surface area contributed by atoms with Crippen LogP contribution < -0.4 is 10.9 Å². The zero-order chi connectivity index (χ0) is 13.9. The quantitative estimate of drug-likeness (QED) is 0.737. The van der Waals surface area contributed by atoms with Crippen LogP contribution in [0.5, 0.6) is 0 Å². The van der Waals surface area contributed by atoms with Gasteiger partial charge in [0, 0.05) is 18.0 Å².